The van der Waals surface area contributed by atoms with Crippen LogP contribution in [-0.2, 0) is 19.2 Å². The normalized spacial score (nSPS) is 13.5. The Kier molecular flexibility index (Phi) is 13.1. The molecule has 1 aromatic carbocycles. The quantitative estimate of drug-likeness (QED) is 0.141. The number of carbonyl (C=O) groups is 4. The van der Waals surface area contributed by atoms with E-state index in [0.29, 0.717) is 23.7 Å². The van der Waals surface area contributed by atoms with Crippen LogP contribution in [0.4, 0.5) is 0 Å². The summed E-state index contributed by atoms with van der Waals surface area (Å²) in [6, 6.07) is 4.37. The summed E-state index contributed by atoms with van der Waals surface area (Å²) in [5, 5.41) is 8.60. The lowest BCUT2D eigenvalue weighted by Crippen LogP contribution is -2.51. The third kappa shape index (κ3) is 12.1. The Bertz CT molecular complexity index is 919. The van der Waals surface area contributed by atoms with Crippen molar-refractivity contribution in [2.24, 2.45) is 17.2 Å². The highest BCUT2D eigenvalue weighted by atomic mass is 35.5. The van der Waals surface area contributed by atoms with Gasteiger partial charge in [-0.25, -0.2) is 0 Å². The van der Waals surface area contributed by atoms with E-state index in [-0.39, 0.29) is 12.8 Å². The molecular formula is C24H35ClN6O4. The number of hydrogen-bond acceptors (Lipinski definition) is 6. The van der Waals surface area contributed by atoms with Gasteiger partial charge >= 0.3 is 0 Å². The van der Waals surface area contributed by atoms with Crippen LogP contribution in [0.1, 0.15) is 44.6 Å². The largest absolute Gasteiger partial charge is 0.378 e. The Morgan fingerprint density at radius 3 is 2.14 bits per heavy atom. The van der Waals surface area contributed by atoms with Crippen LogP contribution in [0.2, 0.25) is 5.02 Å². The first-order valence-corrected chi connectivity index (χ1v) is 11.7. The van der Waals surface area contributed by atoms with Gasteiger partial charge in [0.15, 0.2) is 0 Å². The van der Waals surface area contributed by atoms with Gasteiger partial charge in [0.05, 0.1) is 0 Å². The van der Waals surface area contributed by atoms with Gasteiger partial charge < -0.3 is 33.2 Å². The van der Waals surface area contributed by atoms with E-state index in [2.05, 4.69) is 22.5 Å². The first kappa shape index (κ1) is 29.7. The van der Waals surface area contributed by atoms with Gasteiger partial charge in [-0.05, 0) is 69.3 Å². The van der Waals surface area contributed by atoms with E-state index in [4.69, 9.17) is 28.8 Å². The van der Waals surface area contributed by atoms with Crippen molar-refractivity contribution >= 4 is 41.3 Å². The predicted octanol–water partition coefficient (Wildman–Crippen LogP) is 0.694. The summed E-state index contributed by atoms with van der Waals surface area (Å²) in [5.74, 6) is -2.31. The minimum atomic E-state index is -0.991. The Labute approximate surface area is 210 Å². The maximum atomic E-state index is 12.5. The Morgan fingerprint density at radius 1 is 0.971 bits per heavy atom. The third-order valence-corrected chi connectivity index (χ3v) is 5.36. The number of benzene rings is 1. The van der Waals surface area contributed by atoms with Crippen molar-refractivity contribution in [3.05, 3.63) is 53.2 Å². The van der Waals surface area contributed by atoms with Crippen molar-refractivity contribution in [3.8, 4) is 0 Å². The van der Waals surface area contributed by atoms with Crippen molar-refractivity contribution in [1.29, 1.82) is 0 Å². The molecule has 0 saturated heterocycles. The summed E-state index contributed by atoms with van der Waals surface area (Å²) in [6.45, 7) is 5.86. The summed E-state index contributed by atoms with van der Waals surface area (Å²) >= 11 is 5.83. The standard InChI is InChI=1S/C24H35ClN6O4/c1-15(29-19(22(27)33)5-3-4-14-26)6-12-20(23(28)34)31-24(35)16(2)30-21(32)13-9-17-7-10-18(25)11-8-17/h7-11,13,16,19-20,29H,1,3-6,12,14,26H2,2H3,(H2,27,33)(H2,28,34)(H,30,32)(H,31,35)/b13-9+/t16?,19?,20-/m0/s1. The fourth-order valence-electron chi connectivity index (χ4n) is 3.07. The van der Waals surface area contributed by atoms with Gasteiger partial charge in [0.2, 0.25) is 23.6 Å². The topological polar surface area (TPSA) is 182 Å². The average Bonchev–Trinajstić information content (AvgIpc) is 2.80. The van der Waals surface area contributed by atoms with E-state index in [1.165, 1.54) is 13.0 Å². The molecule has 0 heterocycles. The third-order valence-electron chi connectivity index (χ3n) is 5.11. The lowest BCUT2D eigenvalue weighted by Gasteiger charge is -2.21. The number of allylic oxidation sites excluding steroid dienone is 1. The Morgan fingerprint density at radius 2 is 1.57 bits per heavy atom. The molecule has 0 spiro atoms. The highest BCUT2D eigenvalue weighted by Gasteiger charge is 2.23. The van der Waals surface area contributed by atoms with Gasteiger partial charge in [0, 0.05) is 16.8 Å². The molecule has 1 aromatic rings. The molecule has 4 amide bonds. The van der Waals surface area contributed by atoms with E-state index in [0.717, 1.165) is 18.4 Å². The Hall–Kier alpha value is -3.37. The molecule has 11 heteroatoms. The second-order valence-corrected chi connectivity index (χ2v) is 8.54. The van der Waals surface area contributed by atoms with Gasteiger partial charge in [-0.2, -0.15) is 0 Å². The predicted molar refractivity (Wildman–Crippen MR) is 137 cm³/mol. The molecule has 0 aliphatic heterocycles. The minimum Gasteiger partial charge on any atom is -0.378 e. The van der Waals surface area contributed by atoms with Crippen molar-refractivity contribution < 1.29 is 19.2 Å². The first-order valence-electron chi connectivity index (χ1n) is 11.3. The molecule has 1 rings (SSSR count). The van der Waals surface area contributed by atoms with Crippen LogP contribution in [0.15, 0.2) is 42.6 Å². The number of nitrogens with two attached hydrogens (primary N) is 3. The SMILES string of the molecule is C=C(CC[C@H](NC(=O)C(C)NC(=O)/C=C/c1ccc(Cl)cc1)C(N)=O)NC(CCCCN)C(N)=O. The summed E-state index contributed by atoms with van der Waals surface area (Å²) < 4.78 is 0. The molecule has 0 saturated carbocycles. The highest BCUT2D eigenvalue weighted by molar-refractivity contribution is 6.30. The molecular weight excluding hydrogens is 472 g/mol. The average molecular weight is 507 g/mol. The van der Waals surface area contributed by atoms with Crippen LogP contribution in [-0.4, -0.2) is 48.3 Å². The number of hydrogen-bond donors (Lipinski definition) is 6. The smallest absolute Gasteiger partial charge is 0.244 e. The lowest BCUT2D eigenvalue weighted by molar-refractivity contribution is -0.130. The summed E-state index contributed by atoms with van der Waals surface area (Å²) in [4.78, 5) is 48.1. The lowest BCUT2D eigenvalue weighted by atomic mass is 10.1. The fourth-order valence-corrected chi connectivity index (χ4v) is 3.20. The summed E-state index contributed by atoms with van der Waals surface area (Å²) in [6.07, 6.45) is 5.28. The number of nitrogens with one attached hydrogen (secondary N) is 3. The highest BCUT2D eigenvalue weighted by Crippen LogP contribution is 2.11. The van der Waals surface area contributed by atoms with E-state index in [9.17, 15) is 19.2 Å². The Balaban J connectivity index is 2.56. The van der Waals surface area contributed by atoms with Crippen LogP contribution < -0.4 is 33.2 Å². The first-order chi connectivity index (χ1) is 16.5. The number of amides is 4. The van der Waals surface area contributed by atoms with Crippen LogP contribution in [0, 0.1) is 0 Å². The molecule has 0 bridgehead atoms. The molecule has 10 nitrogen and oxygen atoms in total. The molecule has 0 aliphatic rings. The number of carbonyl (C=O) groups excluding carboxylic acids is 4. The monoisotopic (exact) mass is 506 g/mol. The molecule has 0 aromatic heterocycles. The number of unbranched alkanes of at least 4 members (excludes halogenated alkanes) is 1. The van der Waals surface area contributed by atoms with E-state index < -0.39 is 41.8 Å². The zero-order valence-electron chi connectivity index (χ0n) is 19.9. The van der Waals surface area contributed by atoms with Crippen LogP contribution in [0.5, 0.6) is 0 Å². The molecule has 192 valence electrons. The van der Waals surface area contributed by atoms with Crippen LogP contribution in [0.25, 0.3) is 6.08 Å². The second-order valence-electron chi connectivity index (χ2n) is 8.10. The number of primary amides is 2. The minimum absolute atomic E-state index is 0.151. The molecule has 0 aliphatic carbocycles. The van der Waals surface area contributed by atoms with Crippen molar-refractivity contribution in [2.45, 2.75) is 57.2 Å². The maximum absolute atomic E-state index is 12.5. The van der Waals surface area contributed by atoms with Gasteiger partial charge in [-0.1, -0.05) is 30.3 Å². The number of halogens is 1. The maximum Gasteiger partial charge on any atom is 0.244 e. The molecule has 2 unspecified atom stereocenters. The van der Waals surface area contributed by atoms with Gasteiger partial charge in [0.1, 0.15) is 18.1 Å². The van der Waals surface area contributed by atoms with Gasteiger partial charge in [-0.3, -0.25) is 19.2 Å². The van der Waals surface area contributed by atoms with Gasteiger partial charge in [-0.15, -0.1) is 0 Å². The fraction of sp³-hybridized carbons (Fsp3) is 0.417. The van der Waals surface area contributed by atoms with Crippen LogP contribution in [0.3, 0.4) is 0 Å². The number of rotatable bonds is 16. The molecule has 3 atom stereocenters. The van der Waals surface area contributed by atoms with Crippen molar-refractivity contribution in [1.82, 2.24) is 16.0 Å². The molecule has 9 N–H and O–H groups in total. The van der Waals surface area contributed by atoms with Gasteiger partial charge in [0.25, 0.3) is 0 Å². The van der Waals surface area contributed by atoms with E-state index in [1.54, 1.807) is 30.3 Å². The zero-order chi connectivity index (χ0) is 26.4. The second kappa shape index (κ2) is 15.5. The van der Waals surface area contributed by atoms with E-state index in [1.807, 2.05) is 0 Å². The molecule has 0 fully saturated rings. The summed E-state index contributed by atoms with van der Waals surface area (Å²) in [7, 11) is 0. The zero-order valence-corrected chi connectivity index (χ0v) is 20.6. The van der Waals surface area contributed by atoms with E-state index >= 15 is 0 Å². The van der Waals surface area contributed by atoms with Crippen molar-refractivity contribution in [2.75, 3.05) is 6.54 Å². The van der Waals surface area contributed by atoms with Crippen LogP contribution >= 0.6 is 11.6 Å². The molecule has 0 radical (unpaired) electrons. The van der Waals surface area contributed by atoms with Crippen molar-refractivity contribution in [3.63, 3.8) is 0 Å². The summed E-state index contributed by atoms with van der Waals surface area (Å²) in [5.41, 5.74) is 17.6. The molecule has 35 heavy (non-hydrogen) atoms.